The summed E-state index contributed by atoms with van der Waals surface area (Å²) < 4.78 is 0. The van der Waals surface area contributed by atoms with E-state index in [2.05, 4.69) is 0 Å². The van der Waals surface area contributed by atoms with Gasteiger partial charge in [0.25, 0.3) is 0 Å². The molecular formula is C20H16O5. The summed E-state index contributed by atoms with van der Waals surface area (Å²) >= 11 is 0. The molecule has 5 heteroatoms. The van der Waals surface area contributed by atoms with Gasteiger partial charge in [0.15, 0.2) is 17.3 Å². The normalized spacial score (nSPS) is 20.8. The van der Waals surface area contributed by atoms with Crippen LogP contribution < -0.4 is 0 Å². The van der Waals surface area contributed by atoms with E-state index in [0.29, 0.717) is 12.0 Å². The molecule has 2 aromatic rings. The van der Waals surface area contributed by atoms with Gasteiger partial charge in [0, 0.05) is 27.7 Å². The van der Waals surface area contributed by atoms with Crippen molar-refractivity contribution in [3.05, 3.63) is 63.7 Å². The van der Waals surface area contributed by atoms with E-state index in [1.165, 1.54) is 24.3 Å². The van der Waals surface area contributed by atoms with Crippen LogP contribution in [0.2, 0.25) is 0 Å². The summed E-state index contributed by atoms with van der Waals surface area (Å²) in [5.41, 5.74) is 0.330. The van der Waals surface area contributed by atoms with Crippen molar-refractivity contribution in [1.82, 2.24) is 0 Å². The Morgan fingerprint density at radius 2 is 1.56 bits per heavy atom. The van der Waals surface area contributed by atoms with Crippen LogP contribution in [0, 0.1) is 5.41 Å². The van der Waals surface area contributed by atoms with E-state index in [9.17, 15) is 24.6 Å². The van der Waals surface area contributed by atoms with Crippen LogP contribution in [0.4, 0.5) is 0 Å². The van der Waals surface area contributed by atoms with Gasteiger partial charge < -0.3 is 10.2 Å². The summed E-state index contributed by atoms with van der Waals surface area (Å²) in [7, 11) is 0. The van der Waals surface area contributed by atoms with Gasteiger partial charge >= 0.3 is 0 Å². The minimum absolute atomic E-state index is 0.0379. The zero-order valence-electron chi connectivity index (χ0n) is 13.8. The Hall–Kier alpha value is -2.79. The van der Waals surface area contributed by atoms with Gasteiger partial charge in [-0.3, -0.25) is 14.4 Å². The number of rotatable bonds is 0. The minimum atomic E-state index is -1.24. The topological polar surface area (TPSA) is 91.7 Å². The predicted molar refractivity (Wildman–Crippen MR) is 89.2 cm³/mol. The third-order valence-electron chi connectivity index (χ3n) is 5.16. The third kappa shape index (κ3) is 1.96. The average Bonchev–Trinajstić information content (AvgIpc) is 2.56. The Bertz CT molecular complexity index is 984. The van der Waals surface area contributed by atoms with E-state index in [1.54, 1.807) is 19.9 Å². The van der Waals surface area contributed by atoms with Gasteiger partial charge in [0.1, 0.15) is 11.9 Å². The van der Waals surface area contributed by atoms with Crippen LogP contribution in [-0.2, 0) is 6.42 Å². The van der Waals surface area contributed by atoms with Gasteiger partial charge in [-0.25, -0.2) is 0 Å². The zero-order valence-corrected chi connectivity index (χ0v) is 13.8. The number of carbonyl (C=O) groups excluding carboxylic acids is 3. The number of aliphatic hydroxyl groups excluding tert-OH is 1. The standard InChI is InChI=1S/C20H16O5/c1-20(2)8-9-6-7-11-15(13(9)18(24)19(20)25)17(23)10-4-3-5-12(21)14(10)16(11)22/h3-7,19,21,25H,8H2,1-2H3/t19-/m0/s1. The Labute approximate surface area is 143 Å². The van der Waals surface area contributed by atoms with Gasteiger partial charge in [0.2, 0.25) is 0 Å². The van der Waals surface area contributed by atoms with Gasteiger partial charge in [-0.2, -0.15) is 0 Å². The largest absolute Gasteiger partial charge is 0.507 e. The molecule has 1 atom stereocenters. The Balaban J connectivity index is 2.03. The van der Waals surface area contributed by atoms with Gasteiger partial charge in [-0.15, -0.1) is 0 Å². The van der Waals surface area contributed by atoms with Crippen molar-refractivity contribution in [3.8, 4) is 5.75 Å². The molecule has 0 radical (unpaired) electrons. The lowest BCUT2D eigenvalue weighted by Gasteiger charge is -2.36. The smallest absolute Gasteiger partial charge is 0.198 e. The highest BCUT2D eigenvalue weighted by Crippen LogP contribution is 2.41. The third-order valence-corrected chi connectivity index (χ3v) is 5.16. The van der Waals surface area contributed by atoms with Crippen LogP contribution in [0.1, 0.15) is 61.6 Å². The summed E-state index contributed by atoms with van der Waals surface area (Å²) in [6, 6.07) is 7.50. The number of hydrogen-bond acceptors (Lipinski definition) is 5. The van der Waals surface area contributed by atoms with Gasteiger partial charge in [0.05, 0.1) is 5.56 Å². The first-order valence-corrected chi connectivity index (χ1v) is 8.03. The molecule has 2 aromatic carbocycles. The van der Waals surface area contributed by atoms with Crippen LogP contribution >= 0.6 is 0 Å². The maximum Gasteiger partial charge on any atom is 0.198 e. The van der Waals surface area contributed by atoms with Crippen LogP contribution in [0.15, 0.2) is 30.3 Å². The number of aromatic hydroxyl groups is 1. The molecule has 4 rings (SSSR count). The molecule has 0 heterocycles. The first-order valence-electron chi connectivity index (χ1n) is 8.03. The lowest BCUT2D eigenvalue weighted by molar-refractivity contribution is 0.0337. The Morgan fingerprint density at radius 3 is 2.28 bits per heavy atom. The van der Waals surface area contributed by atoms with E-state index in [0.717, 1.165) is 0 Å². The highest BCUT2D eigenvalue weighted by atomic mass is 16.3. The molecule has 2 N–H and O–H groups in total. The van der Waals surface area contributed by atoms with Crippen molar-refractivity contribution >= 4 is 17.3 Å². The van der Waals surface area contributed by atoms with Crippen molar-refractivity contribution in [2.24, 2.45) is 5.41 Å². The quantitative estimate of drug-likeness (QED) is 0.657. The van der Waals surface area contributed by atoms with Crippen LogP contribution in [0.25, 0.3) is 0 Å². The van der Waals surface area contributed by atoms with Crippen LogP contribution in [0.3, 0.4) is 0 Å². The molecule has 0 unspecified atom stereocenters. The van der Waals surface area contributed by atoms with Crippen LogP contribution in [-0.4, -0.2) is 33.7 Å². The first-order chi connectivity index (χ1) is 11.7. The van der Waals surface area contributed by atoms with Crippen molar-refractivity contribution in [2.75, 3.05) is 0 Å². The fraction of sp³-hybridized carbons (Fsp3) is 0.250. The average molecular weight is 336 g/mol. The van der Waals surface area contributed by atoms with Crippen molar-refractivity contribution in [1.29, 1.82) is 0 Å². The number of hydrogen-bond donors (Lipinski definition) is 2. The maximum atomic E-state index is 13.0. The van der Waals surface area contributed by atoms with Crippen molar-refractivity contribution in [2.45, 2.75) is 26.4 Å². The molecule has 0 spiro atoms. The number of ketones is 3. The molecule has 2 aliphatic rings. The van der Waals surface area contributed by atoms with E-state index in [4.69, 9.17) is 0 Å². The van der Waals surface area contributed by atoms with Crippen molar-refractivity contribution < 1.29 is 24.6 Å². The molecule has 0 amide bonds. The number of aliphatic hydroxyl groups is 1. The SMILES string of the molecule is CC1(C)Cc2ccc3c(c2C(=O)[C@@H]1O)C(=O)c1cccc(O)c1C3=O. The lowest BCUT2D eigenvalue weighted by Crippen LogP contribution is -2.44. The van der Waals surface area contributed by atoms with E-state index in [-0.39, 0.29) is 33.6 Å². The highest BCUT2D eigenvalue weighted by Gasteiger charge is 2.44. The molecule has 0 fully saturated rings. The lowest BCUT2D eigenvalue weighted by atomic mass is 9.68. The molecule has 0 aliphatic heterocycles. The monoisotopic (exact) mass is 336 g/mol. The summed E-state index contributed by atoms with van der Waals surface area (Å²) in [5, 5.41) is 20.4. The Kier molecular flexibility index (Phi) is 3.06. The first kappa shape index (κ1) is 15.7. The second-order valence-electron chi connectivity index (χ2n) is 7.31. The molecular weight excluding hydrogens is 320 g/mol. The van der Waals surface area contributed by atoms with E-state index >= 15 is 0 Å². The maximum absolute atomic E-state index is 13.0. The summed E-state index contributed by atoms with van der Waals surface area (Å²) in [6.45, 7) is 3.58. The number of carbonyl (C=O) groups is 3. The summed E-state index contributed by atoms with van der Waals surface area (Å²) in [5.74, 6) is -1.75. The molecule has 126 valence electrons. The molecule has 0 bridgehead atoms. The fourth-order valence-corrected chi connectivity index (χ4v) is 3.82. The molecule has 0 aromatic heterocycles. The number of phenols is 1. The van der Waals surface area contributed by atoms with Crippen molar-refractivity contribution in [3.63, 3.8) is 0 Å². The predicted octanol–water partition coefficient (Wildman–Crippen LogP) is 2.29. The highest BCUT2D eigenvalue weighted by molar-refractivity contribution is 6.32. The minimum Gasteiger partial charge on any atom is -0.507 e. The van der Waals surface area contributed by atoms with E-state index in [1.807, 2.05) is 0 Å². The number of phenolic OH excluding ortho intramolecular Hbond substituents is 1. The Morgan fingerprint density at radius 1 is 0.920 bits per heavy atom. The number of fused-ring (bicyclic) bond motifs is 4. The zero-order chi connectivity index (χ0) is 18.1. The van der Waals surface area contributed by atoms with Crippen LogP contribution in [0.5, 0.6) is 5.75 Å². The molecule has 25 heavy (non-hydrogen) atoms. The summed E-state index contributed by atoms with van der Waals surface area (Å²) in [6.07, 6.45) is -0.809. The molecule has 0 saturated heterocycles. The number of benzene rings is 2. The molecule has 2 aliphatic carbocycles. The second-order valence-corrected chi connectivity index (χ2v) is 7.31. The molecule has 0 saturated carbocycles. The second kappa shape index (κ2) is 4.86. The number of Topliss-reactive ketones (excluding diaryl/α,β-unsaturated/α-hetero) is 1. The van der Waals surface area contributed by atoms with Gasteiger partial charge in [-0.05, 0) is 24.1 Å². The molecule has 5 nitrogen and oxygen atoms in total. The van der Waals surface area contributed by atoms with Gasteiger partial charge in [-0.1, -0.05) is 32.0 Å². The summed E-state index contributed by atoms with van der Waals surface area (Å²) in [4.78, 5) is 38.6. The van der Waals surface area contributed by atoms with E-state index < -0.39 is 28.9 Å². The fourth-order valence-electron chi connectivity index (χ4n) is 3.82.